The lowest BCUT2D eigenvalue weighted by molar-refractivity contribution is -0.00960. The third-order valence-electron chi connectivity index (χ3n) is 4.76. The molecule has 0 radical (unpaired) electrons. The molecule has 0 saturated heterocycles. The van der Waals surface area contributed by atoms with E-state index in [1.165, 1.54) is 22.9 Å². The van der Waals surface area contributed by atoms with E-state index in [4.69, 9.17) is 4.74 Å². The van der Waals surface area contributed by atoms with Crippen LogP contribution < -0.4 is 0 Å². The van der Waals surface area contributed by atoms with E-state index in [1.807, 2.05) is 34.9 Å². The van der Waals surface area contributed by atoms with Crippen LogP contribution in [0.4, 0.5) is 0 Å². The number of aromatic nitrogens is 3. The van der Waals surface area contributed by atoms with Crippen LogP contribution >= 0.6 is 11.8 Å². The lowest BCUT2D eigenvalue weighted by atomic mass is 9.89. The Hall–Kier alpha value is -2.15. The third-order valence-corrected chi connectivity index (χ3v) is 5.85. The Morgan fingerprint density at radius 2 is 1.96 bits per heavy atom. The van der Waals surface area contributed by atoms with Gasteiger partial charge in [0, 0.05) is 11.4 Å². The molecule has 0 unspecified atom stereocenters. The Labute approximate surface area is 163 Å². The number of aliphatic hydroxyl groups is 1. The van der Waals surface area contributed by atoms with Gasteiger partial charge in [-0.1, -0.05) is 54.2 Å². The van der Waals surface area contributed by atoms with Crippen LogP contribution in [0.1, 0.15) is 30.1 Å². The first kappa shape index (κ1) is 18.2. The second kappa shape index (κ2) is 8.69. The first-order valence-electron chi connectivity index (χ1n) is 9.27. The lowest BCUT2D eigenvalue weighted by Gasteiger charge is -2.26. The molecule has 140 valence electrons. The van der Waals surface area contributed by atoms with E-state index in [9.17, 15) is 5.11 Å². The lowest BCUT2D eigenvalue weighted by Crippen LogP contribution is -2.22. The number of ether oxygens (including phenoxy) is 1. The largest absolute Gasteiger partial charge is 0.390 e. The number of nitrogens with zero attached hydrogens (tertiary/aromatic N) is 3. The third kappa shape index (κ3) is 4.40. The number of rotatable bonds is 7. The Bertz CT molecular complexity index is 869. The molecule has 0 amide bonds. The zero-order chi connectivity index (χ0) is 18.5. The number of para-hydroxylation sites is 1. The fraction of sp³-hybridized carbons (Fsp3) is 0.333. The van der Waals surface area contributed by atoms with Crippen LogP contribution in [0.2, 0.25) is 0 Å². The van der Waals surface area contributed by atoms with Crippen molar-refractivity contribution in [1.29, 1.82) is 0 Å². The molecule has 0 bridgehead atoms. The Balaban J connectivity index is 1.32. The standard InChI is InChI=1S/C21H23N3O2S/c25-18(13-26-20-12-6-8-16-7-4-5-11-19(16)20)14-27-21-23-22-15-24(21)17-9-2-1-3-10-17/h1-5,7,9-11,15,18,20,25H,6,8,12-14H2/t18-,20+/m0/s1. The van der Waals surface area contributed by atoms with Crippen LogP contribution in [0.3, 0.4) is 0 Å². The number of thioether (sulfide) groups is 1. The van der Waals surface area contributed by atoms with Gasteiger partial charge in [0.15, 0.2) is 5.16 Å². The smallest absolute Gasteiger partial charge is 0.195 e. The Kier molecular flexibility index (Phi) is 5.87. The fourth-order valence-corrected chi connectivity index (χ4v) is 4.25. The summed E-state index contributed by atoms with van der Waals surface area (Å²) in [6.07, 6.45) is 4.49. The zero-order valence-corrected chi connectivity index (χ0v) is 15.9. The van der Waals surface area contributed by atoms with Gasteiger partial charge in [0.1, 0.15) is 6.33 Å². The molecule has 0 saturated carbocycles. The summed E-state index contributed by atoms with van der Waals surface area (Å²) in [5.41, 5.74) is 3.65. The topological polar surface area (TPSA) is 60.2 Å². The van der Waals surface area contributed by atoms with E-state index >= 15 is 0 Å². The number of hydrogen-bond acceptors (Lipinski definition) is 5. The normalized spacial score (nSPS) is 17.4. The van der Waals surface area contributed by atoms with Crippen LogP contribution in [-0.2, 0) is 11.2 Å². The summed E-state index contributed by atoms with van der Waals surface area (Å²) in [6, 6.07) is 18.4. The van der Waals surface area contributed by atoms with E-state index in [-0.39, 0.29) is 6.10 Å². The molecule has 0 aliphatic heterocycles. The maximum atomic E-state index is 10.4. The van der Waals surface area contributed by atoms with Crippen molar-refractivity contribution in [1.82, 2.24) is 14.8 Å². The molecule has 1 heterocycles. The number of benzene rings is 2. The van der Waals surface area contributed by atoms with E-state index in [2.05, 4.69) is 34.5 Å². The van der Waals surface area contributed by atoms with Crippen molar-refractivity contribution < 1.29 is 9.84 Å². The van der Waals surface area contributed by atoms with Crippen molar-refractivity contribution in [3.05, 3.63) is 72.1 Å². The van der Waals surface area contributed by atoms with Crippen LogP contribution in [0.25, 0.3) is 5.69 Å². The molecule has 2 atom stereocenters. The molecule has 4 rings (SSSR count). The highest BCUT2D eigenvalue weighted by molar-refractivity contribution is 7.99. The van der Waals surface area contributed by atoms with Gasteiger partial charge in [-0.05, 0) is 42.5 Å². The summed E-state index contributed by atoms with van der Waals surface area (Å²) >= 11 is 1.49. The fourth-order valence-electron chi connectivity index (χ4n) is 3.42. The average Bonchev–Trinajstić information content (AvgIpc) is 3.20. The van der Waals surface area contributed by atoms with Gasteiger partial charge in [0.2, 0.25) is 0 Å². The highest BCUT2D eigenvalue weighted by Gasteiger charge is 2.21. The summed E-state index contributed by atoms with van der Waals surface area (Å²) in [4.78, 5) is 0. The molecule has 0 fully saturated rings. The monoisotopic (exact) mass is 381 g/mol. The molecular weight excluding hydrogens is 358 g/mol. The SMILES string of the molecule is O[C@@H](CO[C@@H]1CCCc2ccccc21)CSc1nncn1-c1ccccc1. The summed E-state index contributed by atoms with van der Waals surface area (Å²) in [5.74, 6) is 0.514. The van der Waals surface area contributed by atoms with Gasteiger partial charge in [0.05, 0.1) is 18.8 Å². The maximum absolute atomic E-state index is 10.4. The summed E-state index contributed by atoms with van der Waals surface area (Å²) in [7, 11) is 0. The molecule has 0 spiro atoms. The van der Waals surface area contributed by atoms with Crippen molar-refractivity contribution in [2.75, 3.05) is 12.4 Å². The molecule has 6 heteroatoms. The molecule has 5 nitrogen and oxygen atoms in total. The Morgan fingerprint density at radius 1 is 1.15 bits per heavy atom. The van der Waals surface area contributed by atoms with E-state index < -0.39 is 6.10 Å². The minimum atomic E-state index is -0.551. The number of aryl methyl sites for hydroxylation is 1. The maximum Gasteiger partial charge on any atom is 0.195 e. The predicted molar refractivity (Wildman–Crippen MR) is 106 cm³/mol. The van der Waals surface area contributed by atoms with Crippen molar-refractivity contribution in [3.63, 3.8) is 0 Å². The minimum absolute atomic E-state index is 0.0857. The highest BCUT2D eigenvalue weighted by Crippen LogP contribution is 2.32. The Morgan fingerprint density at radius 3 is 2.85 bits per heavy atom. The zero-order valence-electron chi connectivity index (χ0n) is 15.1. The van der Waals surface area contributed by atoms with Gasteiger partial charge in [0.25, 0.3) is 0 Å². The quantitative estimate of drug-likeness (QED) is 0.631. The molecule has 1 N–H and O–H groups in total. The molecule has 2 aromatic carbocycles. The average molecular weight is 382 g/mol. The number of aliphatic hydroxyl groups excluding tert-OH is 1. The first-order valence-corrected chi connectivity index (χ1v) is 10.3. The molecule has 1 aliphatic rings. The number of hydrogen-bond donors (Lipinski definition) is 1. The first-order chi connectivity index (χ1) is 13.3. The molecule has 1 aromatic heterocycles. The summed E-state index contributed by atoms with van der Waals surface area (Å²) in [5, 5.41) is 19.3. The second-order valence-electron chi connectivity index (χ2n) is 6.70. The van der Waals surface area contributed by atoms with Crippen molar-refractivity contribution in [2.24, 2.45) is 0 Å². The van der Waals surface area contributed by atoms with Crippen molar-refractivity contribution in [2.45, 2.75) is 36.6 Å². The van der Waals surface area contributed by atoms with Gasteiger partial charge in [-0.25, -0.2) is 0 Å². The van der Waals surface area contributed by atoms with Crippen LogP contribution in [0.5, 0.6) is 0 Å². The van der Waals surface area contributed by atoms with Gasteiger partial charge < -0.3 is 9.84 Å². The van der Waals surface area contributed by atoms with Crippen LogP contribution in [0.15, 0.2) is 66.1 Å². The van der Waals surface area contributed by atoms with Gasteiger partial charge in [-0.2, -0.15) is 0 Å². The molecule has 27 heavy (non-hydrogen) atoms. The minimum Gasteiger partial charge on any atom is -0.390 e. The van der Waals surface area contributed by atoms with Crippen molar-refractivity contribution in [3.8, 4) is 5.69 Å². The second-order valence-corrected chi connectivity index (χ2v) is 7.68. The van der Waals surface area contributed by atoms with Gasteiger partial charge in [-0.3, -0.25) is 4.57 Å². The van der Waals surface area contributed by atoms with E-state index in [0.29, 0.717) is 12.4 Å². The predicted octanol–water partition coefficient (Wildman–Crippen LogP) is 3.81. The van der Waals surface area contributed by atoms with E-state index in [1.54, 1.807) is 6.33 Å². The van der Waals surface area contributed by atoms with E-state index in [0.717, 1.165) is 30.1 Å². The molecule has 3 aromatic rings. The highest BCUT2D eigenvalue weighted by atomic mass is 32.2. The van der Waals surface area contributed by atoms with Gasteiger partial charge >= 0.3 is 0 Å². The van der Waals surface area contributed by atoms with Gasteiger partial charge in [-0.15, -0.1) is 10.2 Å². The molecule has 1 aliphatic carbocycles. The van der Waals surface area contributed by atoms with Crippen molar-refractivity contribution >= 4 is 11.8 Å². The molecular formula is C21H23N3O2S. The van der Waals surface area contributed by atoms with Crippen LogP contribution in [0, 0.1) is 0 Å². The van der Waals surface area contributed by atoms with Crippen LogP contribution in [-0.4, -0.2) is 38.3 Å². The summed E-state index contributed by atoms with van der Waals surface area (Å²) in [6.45, 7) is 0.325. The number of fused-ring (bicyclic) bond motifs is 1. The summed E-state index contributed by atoms with van der Waals surface area (Å²) < 4.78 is 7.98.